The Morgan fingerprint density at radius 1 is 1.36 bits per heavy atom. The molecular formula is C16H19Cl2N3O. The van der Waals surface area contributed by atoms with E-state index in [2.05, 4.69) is 21.7 Å². The molecule has 118 valence electrons. The van der Waals surface area contributed by atoms with Gasteiger partial charge in [-0.25, -0.2) is 0 Å². The van der Waals surface area contributed by atoms with Crippen LogP contribution in [0, 0.1) is 0 Å². The number of fused-ring (bicyclic) bond motifs is 1. The minimum absolute atomic E-state index is 0.0829. The summed E-state index contributed by atoms with van der Waals surface area (Å²) in [5.74, 6) is 2.45. The molecule has 1 aliphatic rings. The number of phenols is 1. The maximum Gasteiger partial charge on any atom is 0.133 e. The van der Waals surface area contributed by atoms with Crippen molar-refractivity contribution < 1.29 is 5.11 Å². The highest BCUT2D eigenvalue weighted by molar-refractivity contribution is 6.42. The van der Waals surface area contributed by atoms with Crippen molar-refractivity contribution in [1.82, 2.24) is 14.8 Å². The molecule has 0 spiro atoms. The Hall–Kier alpha value is -1.26. The second kappa shape index (κ2) is 5.74. The summed E-state index contributed by atoms with van der Waals surface area (Å²) in [6, 6.07) is 1.76. The number of hydrogen-bond acceptors (Lipinski definition) is 3. The number of aromatic hydroxyl groups is 1. The molecule has 1 N–H and O–H groups in total. The molecular weight excluding hydrogens is 321 g/mol. The van der Waals surface area contributed by atoms with Crippen molar-refractivity contribution in [1.29, 1.82) is 0 Å². The lowest BCUT2D eigenvalue weighted by Gasteiger charge is -2.19. The Morgan fingerprint density at radius 2 is 2.09 bits per heavy atom. The number of aromatic nitrogens is 3. The Labute approximate surface area is 140 Å². The van der Waals surface area contributed by atoms with Crippen LogP contribution in [0.5, 0.6) is 5.75 Å². The zero-order valence-corrected chi connectivity index (χ0v) is 14.4. The molecule has 3 rings (SSSR count). The van der Waals surface area contributed by atoms with Crippen molar-refractivity contribution in [2.75, 3.05) is 0 Å². The van der Waals surface area contributed by atoms with Crippen molar-refractivity contribution in [2.24, 2.45) is 0 Å². The second-order valence-electron chi connectivity index (χ2n) is 6.08. The number of rotatable bonds is 3. The molecule has 1 atom stereocenters. The first-order valence-corrected chi connectivity index (χ1v) is 8.31. The zero-order chi connectivity index (χ0) is 16.0. The molecule has 6 heteroatoms. The largest absolute Gasteiger partial charge is 0.507 e. The van der Waals surface area contributed by atoms with Crippen molar-refractivity contribution in [2.45, 2.75) is 52.0 Å². The van der Waals surface area contributed by atoms with E-state index in [9.17, 15) is 5.11 Å². The number of aryl methyl sites for hydroxylation is 1. The van der Waals surface area contributed by atoms with Gasteiger partial charge in [0.25, 0.3) is 0 Å². The van der Waals surface area contributed by atoms with E-state index in [0.29, 0.717) is 10.0 Å². The molecule has 1 aromatic carbocycles. The molecule has 2 aromatic rings. The number of halogens is 2. The normalized spacial score (nSPS) is 17.3. The van der Waals surface area contributed by atoms with E-state index in [1.807, 2.05) is 13.8 Å². The van der Waals surface area contributed by atoms with Crippen LogP contribution >= 0.6 is 23.2 Å². The van der Waals surface area contributed by atoms with Crippen molar-refractivity contribution in [3.8, 4) is 5.75 Å². The average Bonchev–Trinajstić information content (AvgIpc) is 3.02. The number of hydrogen-bond donors (Lipinski definition) is 1. The molecule has 1 unspecified atom stereocenters. The topological polar surface area (TPSA) is 50.9 Å². The van der Waals surface area contributed by atoms with Gasteiger partial charge in [-0.05, 0) is 17.5 Å². The van der Waals surface area contributed by atoms with Gasteiger partial charge in [0.05, 0.1) is 10.0 Å². The molecule has 0 saturated heterocycles. The first kappa shape index (κ1) is 15.6. The minimum Gasteiger partial charge on any atom is -0.507 e. The van der Waals surface area contributed by atoms with Crippen LogP contribution in [0.15, 0.2) is 6.07 Å². The van der Waals surface area contributed by atoms with Gasteiger partial charge in [-0.1, -0.05) is 44.0 Å². The van der Waals surface area contributed by atoms with Crippen LogP contribution in [-0.4, -0.2) is 19.9 Å². The Bertz CT molecular complexity index is 725. The van der Waals surface area contributed by atoms with Crippen LogP contribution < -0.4 is 0 Å². The minimum atomic E-state index is 0.0829. The van der Waals surface area contributed by atoms with E-state index in [0.717, 1.165) is 42.2 Å². The smallest absolute Gasteiger partial charge is 0.133 e. The lowest BCUT2D eigenvalue weighted by molar-refractivity contribution is 0.448. The van der Waals surface area contributed by atoms with Gasteiger partial charge in [0, 0.05) is 30.9 Å². The summed E-state index contributed by atoms with van der Waals surface area (Å²) in [5.41, 5.74) is 1.58. The fourth-order valence-corrected chi connectivity index (χ4v) is 3.68. The number of phenolic OH excluding ortho intramolecular Hbond substituents is 1. The van der Waals surface area contributed by atoms with Gasteiger partial charge < -0.3 is 9.67 Å². The van der Waals surface area contributed by atoms with Crippen molar-refractivity contribution >= 4 is 23.2 Å². The summed E-state index contributed by atoms with van der Waals surface area (Å²) in [6.07, 6.45) is 1.56. The van der Waals surface area contributed by atoms with Crippen LogP contribution in [0.25, 0.3) is 0 Å². The van der Waals surface area contributed by atoms with E-state index in [1.54, 1.807) is 6.07 Å². The zero-order valence-electron chi connectivity index (χ0n) is 12.9. The van der Waals surface area contributed by atoms with Crippen LogP contribution in [0.3, 0.4) is 0 Å². The van der Waals surface area contributed by atoms with Gasteiger partial charge in [0.2, 0.25) is 0 Å². The van der Waals surface area contributed by atoms with E-state index >= 15 is 0 Å². The molecule has 0 saturated carbocycles. The van der Waals surface area contributed by atoms with Gasteiger partial charge in [0.1, 0.15) is 17.4 Å². The first-order chi connectivity index (χ1) is 10.4. The van der Waals surface area contributed by atoms with Crippen molar-refractivity contribution in [3.05, 3.63) is 38.9 Å². The van der Waals surface area contributed by atoms with E-state index in [-0.39, 0.29) is 17.6 Å². The Morgan fingerprint density at radius 3 is 2.73 bits per heavy atom. The van der Waals surface area contributed by atoms with Gasteiger partial charge in [-0.2, -0.15) is 0 Å². The molecule has 4 nitrogen and oxygen atoms in total. The van der Waals surface area contributed by atoms with Gasteiger partial charge in [-0.15, -0.1) is 10.2 Å². The fraction of sp³-hybridized carbons (Fsp3) is 0.500. The third-order valence-electron chi connectivity index (χ3n) is 4.34. The molecule has 1 aromatic heterocycles. The van der Waals surface area contributed by atoms with E-state index in [4.69, 9.17) is 23.2 Å². The maximum atomic E-state index is 10.7. The van der Waals surface area contributed by atoms with E-state index < -0.39 is 0 Å². The van der Waals surface area contributed by atoms with Gasteiger partial charge >= 0.3 is 0 Å². The SMILES string of the molecule is CCc1nnc2n1CC(c1c(O)c(C(C)C)cc(Cl)c1Cl)C2. The summed E-state index contributed by atoms with van der Waals surface area (Å²) in [7, 11) is 0. The number of benzene rings is 1. The highest BCUT2D eigenvalue weighted by atomic mass is 35.5. The van der Waals surface area contributed by atoms with Gasteiger partial charge in [-0.3, -0.25) is 0 Å². The lowest BCUT2D eigenvalue weighted by atomic mass is 9.91. The predicted molar refractivity (Wildman–Crippen MR) is 88.1 cm³/mol. The Kier molecular flexibility index (Phi) is 4.08. The first-order valence-electron chi connectivity index (χ1n) is 7.55. The highest BCUT2D eigenvalue weighted by Gasteiger charge is 2.32. The van der Waals surface area contributed by atoms with Crippen LogP contribution in [-0.2, 0) is 19.4 Å². The van der Waals surface area contributed by atoms with Crippen LogP contribution in [0.1, 0.15) is 55.4 Å². The fourth-order valence-electron chi connectivity index (χ4n) is 3.16. The molecule has 0 aliphatic carbocycles. The predicted octanol–water partition coefficient (Wildman–Crippen LogP) is 4.32. The summed E-state index contributed by atoms with van der Waals surface area (Å²) < 4.78 is 2.12. The Balaban J connectivity index is 2.05. The summed E-state index contributed by atoms with van der Waals surface area (Å²) >= 11 is 12.7. The molecule has 0 radical (unpaired) electrons. The quantitative estimate of drug-likeness (QED) is 0.905. The maximum absolute atomic E-state index is 10.7. The summed E-state index contributed by atoms with van der Waals surface area (Å²) in [4.78, 5) is 0. The number of nitrogens with zero attached hydrogens (tertiary/aromatic N) is 3. The summed E-state index contributed by atoms with van der Waals surface area (Å²) in [6.45, 7) is 6.85. The molecule has 0 amide bonds. The standard InChI is InChI=1S/C16H19Cl2N3O/c1-4-12-19-20-13-5-9(7-21(12)13)14-15(18)11(17)6-10(8(2)3)16(14)22/h6,8-9,22H,4-5,7H2,1-3H3. The molecule has 0 bridgehead atoms. The lowest BCUT2D eigenvalue weighted by Crippen LogP contribution is -2.07. The highest BCUT2D eigenvalue weighted by Crippen LogP contribution is 2.45. The molecule has 0 fully saturated rings. The average molecular weight is 340 g/mol. The molecule has 1 aliphatic heterocycles. The molecule has 22 heavy (non-hydrogen) atoms. The third-order valence-corrected chi connectivity index (χ3v) is 5.14. The van der Waals surface area contributed by atoms with Crippen molar-refractivity contribution in [3.63, 3.8) is 0 Å². The second-order valence-corrected chi connectivity index (χ2v) is 6.86. The third kappa shape index (κ3) is 2.38. The van der Waals surface area contributed by atoms with E-state index in [1.165, 1.54) is 0 Å². The summed E-state index contributed by atoms with van der Waals surface area (Å²) in [5, 5.41) is 20.0. The van der Waals surface area contributed by atoms with Crippen LogP contribution in [0.4, 0.5) is 0 Å². The molecule has 2 heterocycles. The van der Waals surface area contributed by atoms with Crippen LogP contribution in [0.2, 0.25) is 10.0 Å². The van der Waals surface area contributed by atoms with Gasteiger partial charge in [0.15, 0.2) is 0 Å². The monoisotopic (exact) mass is 339 g/mol.